The van der Waals surface area contributed by atoms with Gasteiger partial charge in [-0.3, -0.25) is 14.8 Å². The van der Waals surface area contributed by atoms with Gasteiger partial charge in [-0.25, -0.2) is 5.48 Å². The normalized spacial score (nSPS) is 14.5. The summed E-state index contributed by atoms with van der Waals surface area (Å²) < 4.78 is 6.06. The van der Waals surface area contributed by atoms with Crippen LogP contribution in [0.3, 0.4) is 0 Å². The number of nitrogens with zero attached hydrogens (tertiary/aromatic N) is 1. The first-order chi connectivity index (χ1) is 15.7. The summed E-state index contributed by atoms with van der Waals surface area (Å²) in [6.45, 7) is 3.86. The van der Waals surface area contributed by atoms with Crippen LogP contribution in [0.25, 0.3) is 10.8 Å². The van der Waals surface area contributed by atoms with E-state index >= 15 is 0 Å². The molecule has 0 aliphatic carbocycles. The van der Waals surface area contributed by atoms with Crippen LogP contribution in [0.4, 0.5) is 0 Å². The van der Waals surface area contributed by atoms with Crippen LogP contribution in [0.5, 0.6) is 5.75 Å². The van der Waals surface area contributed by atoms with Crippen molar-refractivity contribution in [2.24, 2.45) is 0 Å². The molecule has 2 amide bonds. The third kappa shape index (κ3) is 7.35. The number of fused-ring (bicyclic) bond motifs is 1. The van der Waals surface area contributed by atoms with Gasteiger partial charge in [0.25, 0.3) is 0 Å². The minimum absolute atomic E-state index is 0.113. The Morgan fingerprint density at radius 1 is 1.06 bits per heavy atom. The summed E-state index contributed by atoms with van der Waals surface area (Å²) in [5.74, 6) is 0.240. The number of allylic oxidation sites excluding steroid dienone is 1. The molecule has 0 saturated carbocycles. The van der Waals surface area contributed by atoms with E-state index in [1.807, 2.05) is 48.5 Å². The average molecular weight is 440 g/mol. The first-order valence-corrected chi connectivity index (χ1v) is 11.4. The highest BCUT2D eigenvalue weighted by Crippen LogP contribution is 2.25. The fraction of sp³-hybridized carbons (Fsp3) is 0.440. The van der Waals surface area contributed by atoms with Gasteiger partial charge in [0.2, 0.25) is 11.8 Å². The molecule has 2 aromatic carbocycles. The Balaban J connectivity index is 1.58. The molecule has 3 rings (SSSR count). The maximum Gasteiger partial charge on any atom is 0.250 e. The number of benzene rings is 2. The van der Waals surface area contributed by atoms with Crippen molar-refractivity contribution in [1.82, 2.24) is 15.7 Å². The average Bonchev–Trinajstić information content (AvgIpc) is 3.34. The zero-order chi connectivity index (χ0) is 22.6. The van der Waals surface area contributed by atoms with Gasteiger partial charge in [0.1, 0.15) is 12.4 Å². The van der Waals surface area contributed by atoms with Gasteiger partial charge < -0.3 is 15.0 Å². The summed E-state index contributed by atoms with van der Waals surface area (Å²) in [7, 11) is 0. The maximum absolute atomic E-state index is 12.8. The molecule has 0 radical (unpaired) electrons. The van der Waals surface area contributed by atoms with Crippen molar-refractivity contribution in [2.45, 2.75) is 38.5 Å². The molecule has 0 spiro atoms. The summed E-state index contributed by atoms with van der Waals surface area (Å²) in [6, 6.07) is 13.9. The number of carbonyl (C=O) groups excluding carboxylic acids is 2. The Morgan fingerprint density at radius 3 is 2.66 bits per heavy atom. The van der Waals surface area contributed by atoms with Gasteiger partial charge in [0, 0.05) is 24.9 Å². The Labute approximate surface area is 189 Å². The highest BCUT2D eigenvalue weighted by atomic mass is 16.5. The zero-order valence-corrected chi connectivity index (χ0v) is 18.5. The number of amides is 2. The highest BCUT2D eigenvalue weighted by Gasteiger charge is 2.14. The van der Waals surface area contributed by atoms with Crippen LogP contribution in [0, 0.1) is 0 Å². The molecule has 0 atom stereocenters. The summed E-state index contributed by atoms with van der Waals surface area (Å²) in [4.78, 5) is 26.4. The lowest BCUT2D eigenvalue weighted by Gasteiger charge is -2.16. The van der Waals surface area contributed by atoms with Crippen LogP contribution in [0.1, 0.15) is 38.5 Å². The standard InChI is InChI=1S/C25H33N3O4/c29-24(27-31)14-3-1-2-10-21(25(30)26-15-18-28-16-6-7-17-28)19-32-23-13-8-11-20-9-4-5-12-22(20)23/h4-5,8-13,31H,1-3,6-7,14-19H2,(H,26,30)(H,27,29)/b21-10+. The summed E-state index contributed by atoms with van der Waals surface area (Å²) in [5, 5.41) is 13.7. The molecule has 3 N–H and O–H groups in total. The van der Waals surface area contributed by atoms with Crippen molar-refractivity contribution < 1.29 is 19.5 Å². The third-order valence-corrected chi connectivity index (χ3v) is 5.71. The first kappa shape index (κ1) is 23.8. The molecule has 1 aliphatic rings. The summed E-state index contributed by atoms with van der Waals surface area (Å²) >= 11 is 0. The molecular formula is C25H33N3O4. The molecule has 172 valence electrons. The van der Waals surface area contributed by atoms with Gasteiger partial charge in [-0.2, -0.15) is 0 Å². The van der Waals surface area contributed by atoms with E-state index in [9.17, 15) is 9.59 Å². The van der Waals surface area contributed by atoms with Crippen LogP contribution < -0.4 is 15.5 Å². The predicted molar refractivity (Wildman–Crippen MR) is 125 cm³/mol. The number of likely N-dealkylation sites (tertiary alicyclic amines) is 1. The van der Waals surface area contributed by atoms with Gasteiger partial charge in [-0.15, -0.1) is 0 Å². The smallest absolute Gasteiger partial charge is 0.250 e. The zero-order valence-electron chi connectivity index (χ0n) is 18.5. The second-order valence-corrected chi connectivity index (χ2v) is 8.08. The largest absolute Gasteiger partial charge is 0.488 e. The molecule has 7 nitrogen and oxygen atoms in total. The summed E-state index contributed by atoms with van der Waals surface area (Å²) in [6.07, 6.45) is 6.65. The molecule has 1 aliphatic heterocycles. The van der Waals surface area contributed by atoms with Gasteiger partial charge in [-0.05, 0) is 56.6 Å². The second kappa shape index (κ2) is 12.8. The number of hydrogen-bond acceptors (Lipinski definition) is 5. The third-order valence-electron chi connectivity index (χ3n) is 5.71. The molecule has 1 saturated heterocycles. The van der Waals surface area contributed by atoms with Crippen LogP contribution in [0.15, 0.2) is 54.1 Å². The minimum Gasteiger partial charge on any atom is -0.488 e. The molecule has 1 fully saturated rings. The van der Waals surface area contributed by atoms with Gasteiger partial charge in [0.15, 0.2) is 0 Å². The van der Waals surface area contributed by atoms with E-state index in [2.05, 4.69) is 10.2 Å². The van der Waals surface area contributed by atoms with Crippen LogP contribution in [-0.4, -0.2) is 54.7 Å². The molecular weight excluding hydrogens is 406 g/mol. The number of carbonyl (C=O) groups is 2. The Kier molecular flexibility index (Phi) is 9.53. The van der Waals surface area contributed by atoms with E-state index in [-0.39, 0.29) is 18.9 Å². The number of nitrogens with one attached hydrogen (secondary N) is 2. The molecule has 0 bridgehead atoms. The van der Waals surface area contributed by atoms with E-state index in [1.54, 1.807) is 5.48 Å². The maximum atomic E-state index is 12.8. The molecule has 1 heterocycles. The van der Waals surface area contributed by atoms with Gasteiger partial charge in [-0.1, -0.05) is 42.5 Å². The van der Waals surface area contributed by atoms with Crippen molar-refractivity contribution in [3.05, 3.63) is 54.1 Å². The Morgan fingerprint density at radius 2 is 1.84 bits per heavy atom. The lowest BCUT2D eigenvalue weighted by molar-refractivity contribution is -0.129. The minimum atomic E-state index is -0.395. The quantitative estimate of drug-likeness (QED) is 0.204. The lowest BCUT2D eigenvalue weighted by Crippen LogP contribution is -2.35. The second-order valence-electron chi connectivity index (χ2n) is 8.08. The number of hydroxylamine groups is 1. The fourth-order valence-corrected chi connectivity index (χ4v) is 3.90. The van der Waals surface area contributed by atoms with E-state index in [0.717, 1.165) is 42.6 Å². The highest BCUT2D eigenvalue weighted by molar-refractivity contribution is 5.94. The fourth-order valence-electron chi connectivity index (χ4n) is 3.90. The number of unbranched alkanes of at least 4 members (excludes halogenated alkanes) is 2. The monoisotopic (exact) mass is 439 g/mol. The van der Waals surface area contributed by atoms with Crippen molar-refractivity contribution in [3.8, 4) is 5.75 Å². The number of ether oxygens (including phenoxy) is 1. The number of hydrogen-bond donors (Lipinski definition) is 3. The van der Waals surface area contributed by atoms with Crippen molar-refractivity contribution in [3.63, 3.8) is 0 Å². The Bertz CT molecular complexity index is 917. The van der Waals surface area contributed by atoms with E-state index in [4.69, 9.17) is 9.94 Å². The molecule has 0 unspecified atom stereocenters. The van der Waals surface area contributed by atoms with E-state index in [1.165, 1.54) is 12.8 Å². The predicted octanol–water partition coefficient (Wildman–Crippen LogP) is 3.42. The molecule has 2 aromatic rings. The van der Waals surface area contributed by atoms with Crippen LogP contribution >= 0.6 is 0 Å². The molecule has 7 heteroatoms. The molecule has 0 aromatic heterocycles. The Hall–Kier alpha value is -2.90. The van der Waals surface area contributed by atoms with Crippen LogP contribution in [-0.2, 0) is 9.59 Å². The molecule has 32 heavy (non-hydrogen) atoms. The van der Waals surface area contributed by atoms with Gasteiger partial charge >= 0.3 is 0 Å². The van der Waals surface area contributed by atoms with Gasteiger partial charge in [0.05, 0.1) is 5.57 Å². The van der Waals surface area contributed by atoms with Crippen molar-refractivity contribution >= 4 is 22.6 Å². The summed E-state index contributed by atoms with van der Waals surface area (Å²) in [5.41, 5.74) is 2.23. The van der Waals surface area contributed by atoms with Crippen LogP contribution in [0.2, 0.25) is 0 Å². The van der Waals surface area contributed by atoms with Crippen molar-refractivity contribution in [1.29, 1.82) is 0 Å². The SMILES string of the molecule is O=C(CCCC/C=C(\COc1cccc2ccccc12)C(=O)NCCN1CCCC1)NO. The lowest BCUT2D eigenvalue weighted by atomic mass is 10.1. The number of rotatable bonds is 12. The van der Waals surface area contributed by atoms with Crippen molar-refractivity contribution in [2.75, 3.05) is 32.8 Å². The van der Waals surface area contributed by atoms with E-state index in [0.29, 0.717) is 25.0 Å². The first-order valence-electron chi connectivity index (χ1n) is 11.4. The van der Waals surface area contributed by atoms with E-state index < -0.39 is 5.91 Å². The topological polar surface area (TPSA) is 90.9 Å².